The largest absolute Gasteiger partial charge is 0.366 e. The summed E-state index contributed by atoms with van der Waals surface area (Å²) in [5, 5.41) is 10.1. The van der Waals surface area contributed by atoms with Gasteiger partial charge >= 0.3 is 0 Å². The molecule has 0 saturated heterocycles. The van der Waals surface area contributed by atoms with Crippen molar-refractivity contribution in [1.82, 2.24) is 30.3 Å². The number of nitrogen functional groups attached to an aromatic ring is 1. The number of hydrogen-bond donors (Lipinski definition) is 2. The van der Waals surface area contributed by atoms with Crippen LogP contribution in [-0.2, 0) is 0 Å². The SMILES string of the molecule is Cc1ccnc(-c2noc(-c3nc(N)n[nH]3)n2)c1. The molecule has 0 radical (unpaired) electrons. The monoisotopic (exact) mass is 243 g/mol. The maximum absolute atomic E-state index is 5.40. The molecule has 0 saturated carbocycles. The zero-order chi connectivity index (χ0) is 12.5. The predicted molar refractivity (Wildman–Crippen MR) is 62.1 cm³/mol. The van der Waals surface area contributed by atoms with Crippen LogP contribution in [0.4, 0.5) is 5.95 Å². The Morgan fingerprint density at radius 2 is 2.22 bits per heavy atom. The van der Waals surface area contributed by atoms with Crippen molar-refractivity contribution in [1.29, 1.82) is 0 Å². The van der Waals surface area contributed by atoms with Crippen molar-refractivity contribution in [3.63, 3.8) is 0 Å². The highest BCUT2D eigenvalue weighted by Gasteiger charge is 2.14. The van der Waals surface area contributed by atoms with E-state index >= 15 is 0 Å². The van der Waals surface area contributed by atoms with Crippen molar-refractivity contribution in [2.45, 2.75) is 6.92 Å². The van der Waals surface area contributed by atoms with E-state index in [0.29, 0.717) is 17.3 Å². The first-order valence-electron chi connectivity index (χ1n) is 5.17. The standard InChI is InChI=1S/C10H9N7O/c1-5-2-3-12-6(4-5)7-13-9(18-17-7)8-14-10(11)16-15-8/h2-4H,1H3,(H3,11,14,15,16). The Kier molecular flexibility index (Phi) is 2.26. The van der Waals surface area contributed by atoms with Crippen LogP contribution in [0.1, 0.15) is 5.56 Å². The molecule has 0 atom stereocenters. The highest BCUT2D eigenvalue weighted by Crippen LogP contribution is 2.18. The molecule has 90 valence electrons. The minimum Gasteiger partial charge on any atom is -0.366 e. The smallest absolute Gasteiger partial charge is 0.295 e. The van der Waals surface area contributed by atoms with Crippen molar-refractivity contribution in [3.8, 4) is 23.2 Å². The van der Waals surface area contributed by atoms with Gasteiger partial charge in [0.15, 0.2) is 0 Å². The summed E-state index contributed by atoms with van der Waals surface area (Å²) < 4.78 is 5.07. The van der Waals surface area contributed by atoms with E-state index in [-0.39, 0.29) is 11.8 Å². The molecule has 0 unspecified atom stereocenters. The van der Waals surface area contributed by atoms with Crippen LogP contribution in [0.15, 0.2) is 22.9 Å². The summed E-state index contributed by atoms with van der Waals surface area (Å²) in [6.45, 7) is 1.96. The van der Waals surface area contributed by atoms with E-state index < -0.39 is 0 Å². The van der Waals surface area contributed by atoms with Crippen LogP contribution in [0.3, 0.4) is 0 Å². The van der Waals surface area contributed by atoms with Gasteiger partial charge in [-0.05, 0) is 24.6 Å². The molecule has 0 aliphatic heterocycles. The Balaban J connectivity index is 1.99. The van der Waals surface area contributed by atoms with Gasteiger partial charge in [0.05, 0.1) is 0 Å². The van der Waals surface area contributed by atoms with E-state index in [0.717, 1.165) is 5.56 Å². The first kappa shape index (κ1) is 10.4. The fraction of sp³-hybridized carbons (Fsp3) is 0.100. The van der Waals surface area contributed by atoms with Gasteiger partial charge in [-0.15, -0.1) is 5.10 Å². The molecule has 0 bridgehead atoms. The van der Waals surface area contributed by atoms with Crippen LogP contribution >= 0.6 is 0 Å². The molecule has 8 heteroatoms. The van der Waals surface area contributed by atoms with E-state index in [1.807, 2.05) is 19.1 Å². The average Bonchev–Trinajstić information content (AvgIpc) is 2.97. The van der Waals surface area contributed by atoms with Gasteiger partial charge in [-0.1, -0.05) is 5.16 Å². The quantitative estimate of drug-likeness (QED) is 0.683. The Hall–Kier alpha value is -2.77. The number of anilines is 1. The second kappa shape index (κ2) is 3.91. The van der Waals surface area contributed by atoms with E-state index in [1.54, 1.807) is 6.20 Å². The van der Waals surface area contributed by atoms with Gasteiger partial charge in [0.25, 0.3) is 5.89 Å². The molecule has 3 aromatic heterocycles. The van der Waals surface area contributed by atoms with Crippen LogP contribution in [0, 0.1) is 6.92 Å². The molecule has 0 spiro atoms. The predicted octanol–water partition coefficient (Wildman–Crippen LogP) is 0.807. The number of aromatic amines is 1. The molecule has 3 rings (SSSR count). The molecule has 3 N–H and O–H groups in total. The lowest BCUT2D eigenvalue weighted by molar-refractivity contribution is 0.429. The molecule has 0 aliphatic carbocycles. The van der Waals surface area contributed by atoms with Crippen molar-refractivity contribution in [2.75, 3.05) is 5.73 Å². The second-order valence-corrected chi connectivity index (χ2v) is 3.68. The topological polar surface area (TPSA) is 119 Å². The normalized spacial score (nSPS) is 10.7. The summed E-state index contributed by atoms with van der Waals surface area (Å²) in [6.07, 6.45) is 1.69. The van der Waals surface area contributed by atoms with Gasteiger partial charge < -0.3 is 10.3 Å². The van der Waals surface area contributed by atoms with Crippen molar-refractivity contribution in [3.05, 3.63) is 23.9 Å². The molecule has 0 aliphatic rings. The highest BCUT2D eigenvalue weighted by atomic mass is 16.5. The molecule has 0 fully saturated rings. The van der Waals surface area contributed by atoms with E-state index in [9.17, 15) is 0 Å². The number of rotatable bonds is 2. The van der Waals surface area contributed by atoms with Gasteiger partial charge in [0.1, 0.15) is 5.69 Å². The Labute approximate surface area is 101 Å². The minimum absolute atomic E-state index is 0.124. The number of aromatic nitrogens is 6. The maximum Gasteiger partial charge on any atom is 0.295 e. The van der Waals surface area contributed by atoms with E-state index in [4.69, 9.17) is 10.3 Å². The third kappa shape index (κ3) is 1.79. The molecule has 18 heavy (non-hydrogen) atoms. The summed E-state index contributed by atoms with van der Waals surface area (Å²) in [5.74, 6) is 1.07. The van der Waals surface area contributed by atoms with Crippen LogP contribution in [0.5, 0.6) is 0 Å². The van der Waals surface area contributed by atoms with E-state index in [2.05, 4.69) is 30.3 Å². The van der Waals surface area contributed by atoms with Crippen LogP contribution < -0.4 is 5.73 Å². The lowest BCUT2D eigenvalue weighted by Gasteiger charge is -1.93. The summed E-state index contributed by atoms with van der Waals surface area (Å²) in [7, 11) is 0. The van der Waals surface area contributed by atoms with Crippen LogP contribution in [0.25, 0.3) is 23.2 Å². The van der Waals surface area contributed by atoms with Crippen LogP contribution in [-0.4, -0.2) is 30.3 Å². The second-order valence-electron chi connectivity index (χ2n) is 3.68. The maximum atomic E-state index is 5.40. The number of pyridine rings is 1. The van der Waals surface area contributed by atoms with Gasteiger partial charge in [-0.3, -0.25) is 10.1 Å². The Morgan fingerprint density at radius 3 is 2.94 bits per heavy atom. The Bertz CT molecular complexity index is 687. The fourth-order valence-corrected chi connectivity index (χ4v) is 1.45. The van der Waals surface area contributed by atoms with Crippen LogP contribution in [0.2, 0.25) is 0 Å². The highest BCUT2D eigenvalue weighted by molar-refractivity contribution is 5.53. The summed E-state index contributed by atoms with van der Waals surface area (Å²) in [4.78, 5) is 12.2. The number of nitrogens with one attached hydrogen (secondary N) is 1. The zero-order valence-electron chi connectivity index (χ0n) is 9.45. The number of aryl methyl sites for hydroxylation is 1. The number of nitrogens with two attached hydrogens (primary N) is 1. The summed E-state index contributed by atoms with van der Waals surface area (Å²) in [5.41, 5.74) is 7.10. The van der Waals surface area contributed by atoms with Gasteiger partial charge in [-0.25, -0.2) is 0 Å². The van der Waals surface area contributed by atoms with Crippen molar-refractivity contribution in [2.24, 2.45) is 0 Å². The van der Waals surface area contributed by atoms with Crippen molar-refractivity contribution < 1.29 is 4.52 Å². The average molecular weight is 243 g/mol. The molecule has 0 amide bonds. The summed E-state index contributed by atoms with van der Waals surface area (Å²) >= 11 is 0. The molecular formula is C10H9N7O. The molecule has 3 aromatic rings. The van der Waals surface area contributed by atoms with Crippen molar-refractivity contribution >= 4 is 5.95 Å². The van der Waals surface area contributed by atoms with Gasteiger partial charge in [0.2, 0.25) is 17.6 Å². The lowest BCUT2D eigenvalue weighted by Crippen LogP contribution is -1.87. The van der Waals surface area contributed by atoms with Gasteiger partial charge in [0, 0.05) is 6.20 Å². The molecule has 8 nitrogen and oxygen atoms in total. The zero-order valence-corrected chi connectivity index (χ0v) is 9.45. The Morgan fingerprint density at radius 1 is 1.33 bits per heavy atom. The molecular weight excluding hydrogens is 234 g/mol. The third-order valence-corrected chi connectivity index (χ3v) is 2.28. The fourth-order valence-electron chi connectivity index (χ4n) is 1.45. The molecule has 3 heterocycles. The number of nitrogens with zero attached hydrogens (tertiary/aromatic N) is 5. The number of hydrogen-bond acceptors (Lipinski definition) is 7. The first-order valence-corrected chi connectivity index (χ1v) is 5.17. The third-order valence-electron chi connectivity index (χ3n) is 2.28. The molecule has 0 aromatic carbocycles. The lowest BCUT2D eigenvalue weighted by atomic mass is 10.2. The van der Waals surface area contributed by atoms with E-state index in [1.165, 1.54) is 0 Å². The summed E-state index contributed by atoms with van der Waals surface area (Å²) in [6, 6.07) is 3.75. The van der Waals surface area contributed by atoms with Gasteiger partial charge in [-0.2, -0.15) is 9.97 Å². The minimum atomic E-state index is 0.124. The number of H-pyrrole nitrogens is 1. The first-order chi connectivity index (χ1) is 8.72.